The standard InChI is InChI=1S/C11H8BN3O2S/c12-11(13)15-9-7(10(16)17)4-6(5-14-9)8-2-1-3-18-8/h1-5H,(H,16,17)(H2,13,14,15). The quantitative estimate of drug-likeness (QED) is 0.496. The molecule has 0 atom stereocenters. The number of pyridine rings is 1. The summed E-state index contributed by atoms with van der Waals surface area (Å²) >= 11 is 1.50. The van der Waals surface area contributed by atoms with E-state index in [2.05, 4.69) is 9.98 Å². The van der Waals surface area contributed by atoms with Crippen LogP contribution >= 0.6 is 11.3 Å². The maximum atomic E-state index is 11.1. The van der Waals surface area contributed by atoms with E-state index in [1.54, 1.807) is 6.20 Å². The summed E-state index contributed by atoms with van der Waals surface area (Å²) in [4.78, 5) is 19.7. The van der Waals surface area contributed by atoms with E-state index in [4.69, 9.17) is 18.7 Å². The van der Waals surface area contributed by atoms with Crippen LogP contribution in [0.15, 0.2) is 34.8 Å². The molecule has 2 aromatic heterocycles. The highest BCUT2D eigenvalue weighted by Gasteiger charge is 2.13. The smallest absolute Gasteiger partial charge is 0.339 e. The van der Waals surface area contributed by atoms with E-state index in [0.29, 0.717) is 0 Å². The molecule has 0 bridgehead atoms. The van der Waals surface area contributed by atoms with Gasteiger partial charge in [0.15, 0.2) is 13.7 Å². The van der Waals surface area contributed by atoms with E-state index in [0.717, 1.165) is 10.4 Å². The van der Waals surface area contributed by atoms with Gasteiger partial charge in [-0.1, -0.05) is 6.07 Å². The predicted molar refractivity (Wildman–Crippen MR) is 71.5 cm³/mol. The summed E-state index contributed by atoms with van der Waals surface area (Å²) in [6.07, 6.45) is 1.54. The highest BCUT2D eigenvalue weighted by atomic mass is 32.1. The number of carbonyl (C=O) groups is 1. The van der Waals surface area contributed by atoms with Crippen LogP contribution in [-0.4, -0.2) is 29.6 Å². The summed E-state index contributed by atoms with van der Waals surface area (Å²) in [5.41, 5.74) is 5.68. The minimum absolute atomic E-state index is 0.00260. The molecule has 0 spiro atoms. The third kappa shape index (κ3) is 2.57. The molecule has 0 aliphatic rings. The summed E-state index contributed by atoms with van der Waals surface area (Å²) in [7, 11) is 5.22. The fourth-order valence-corrected chi connectivity index (χ4v) is 2.11. The number of thiophene rings is 1. The Kier molecular flexibility index (Phi) is 3.43. The van der Waals surface area contributed by atoms with E-state index >= 15 is 0 Å². The molecule has 2 heterocycles. The van der Waals surface area contributed by atoms with Gasteiger partial charge in [-0.3, -0.25) is 0 Å². The number of aliphatic imine (C=N–C) groups is 1. The number of aromatic nitrogens is 1. The number of aromatic carboxylic acids is 1. The van der Waals surface area contributed by atoms with Crippen LogP contribution in [0.4, 0.5) is 5.82 Å². The summed E-state index contributed by atoms with van der Waals surface area (Å²) in [6, 6.07) is 5.26. The molecule has 88 valence electrons. The van der Waals surface area contributed by atoms with Gasteiger partial charge in [-0.15, -0.1) is 11.3 Å². The molecule has 2 rings (SSSR count). The zero-order valence-corrected chi connectivity index (χ0v) is 10.0. The van der Waals surface area contributed by atoms with Gasteiger partial charge < -0.3 is 10.8 Å². The maximum Gasteiger partial charge on any atom is 0.339 e. The molecule has 0 aliphatic heterocycles. The lowest BCUT2D eigenvalue weighted by Gasteiger charge is -2.03. The van der Waals surface area contributed by atoms with Gasteiger partial charge in [0, 0.05) is 22.4 Å². The van der Waals surface area contributed by atoms with Crippen molar-refractivity contribution in [1.29, 1.82) is 0 Å². The van der Waals surface area contributed by atoms with Crippen LogP contribution in [-0.2, 0) is 0 Å². The molecular formula is C11H8BN3O2S. The average Bonchev–Trinajstić information content (AvgIpc) is 2.82. The van der Waals surface area contributed by atoms with Crippen molar-refractivity contribution >= 4 is 36.7 Å². The fraction of sp³-hybridized carbons (Fsp3) is 0. The number of hydrogen-bond donors (Lipinski definition) is 2. The van der Waals surface area contributed by atoms with Crippen molar-refractivity contribution < 1.29 is 9.90 Å². The second-order valence-corrected chi connectivity index (χ2v) is 4.36. The molecule has 0 unspecified atom stereocenters. The third-order valence-electron chi connectivity index (χ3n) is 2.14. The Labute approximate surface area is 108 Å². The van der Waals surface area contributed by atoms with E-state index in [1.165, 1.54) is 17.4 Å². The van der Waals surface area contributed by atoms with Crippen molar-refractivity contribution in [2.45, 2.75) is 0 Å². The summed E-state index contributed by atoms with van der Waals surface area (Å²) in [6.45, 7) is 0. The third-order valence-corrected chi connectivity index (χ3v) is 3.06. The molecule has 0 saturated heterocycles. The molecule has 7 heteroatoms. The van der Waals surface area contributed by atoms with Crippen molar-refractivity contribution in [1.82, 2.24) is 4.98 Å². The summed E-state index contributed by atoms with van der Waals surface area (Å²) in [5, 5.41) is 11.0. The van der Waals surface area contributed by atoms with Gasteiger partial charge in [0.2, 0.25) is 0 Å². The Bertz CT molecular complexity index is 607. The van der Waals surface area contributed by atoms with Crippen molar-refractivity contribution in [2.24, 2.45) is 10.7 Å². The topological polar surface area (TPSA) is 88.6 Å². The lowest BCUT2D eigenvalue weighted by molar-refractivity contribution is 0.0697. The highest BCUT2D eigenvalue weighted by molar-refractivity contribution is 7.13. The van der Waals surface area contributed by atoms with Crippen LogP contribution in [0.3, 0.4) is 0 Å². The molecule has 2 aromatic rings. The van der Waals surface area contributed by atoms with Crippen LogP contribution in [0.25, 0.3) is 10.4 Å². The number of nitrogens with two attached hydrogens (primary N) is 1. The van der Waals surface area contributed by atoms with Crippen LogP contribution in [0.2, 0.25) is 0 Å². The molecule has 3 N–H and O–H groups in total. The average molecular weight is 257 g/mol. The first-order valence-corrected chi connectivity index (χ1v) is 5.82. The number of carboxylic acid groups (broad SMARTS) is 1. The molecule has 0 aliphatic carbocycles. The molecule has 2 radical (unpaired) electrons. The number of hydrogen-bond acceptors (Lipinski definition) is 4. The Morgan fingerprint density at radius 3 is 2.89 bits per heavy atom. The number of rotatable bonds is 3. The zero-order valence-electron chi connectivity index (χ0n) is 9.20. The van der Waals surface area contributed by atoms with E-state index in [-0.39, 0.29) is 17.1 Å². The second-order valence-electron chi connectivity index (χ2n) is 3.41. The van der Waals surface area contributed by atoms with Gasteiger partial charge in [-0.25, -0.2) is 14.8 Å². The Morgan fingerprint density at radius 1 is 1.56 bits per heavy atom. The molecule has 5 nitrogen and oxygen atoms in total. The van der Waals surface area contributed by atoms with E-state index in [1.807, 2.05) is 17.5 Å². The lowest BCUT2D eigenvalue weighted by Crippen LogP contribution is -2.11. The van der Waals surface area contributed by atoms with Crippen LogP contribution < -0.4 is 5.73 Å². The molecular weight excluding hydrogens is 249 g/mol. The highest BCUT2D eigenvalue weighted by Crippen LogP contribution is 2.27. The molecule has 0 aromatic carbocycles. The fourth-order valence-electron chi connectivity index (χ4n) is 1.40. The second kappa shape index (κ2) is 5.01. The van der Waals surface area contributed by atoms with Crippen molar-refractivity contribution in [3.8, 4) is 10.4 Å². The van der Waals surface area contributed by atoms with Crippen molar-refractivity contribution in [3.63, 3.8) is 0 Å². The molecule has 0 amide bonds. The van der Waals surface area contributed by atoms with Crippen LogP contribution in [0, 0.1) is 0 Å². The van der Waals surface area contributed by atoms with Gasteiger partial charge >= 0.3 is 5.97 Å². The Hall–Kier alpha value is -2.15. The number of carboxylic acids is 1. The Balaban J connectivity index is 2.54. The number of amidine groups is 1. The lowest BCUT2D eigenvalue weighted by atomic mass is 10.1. The van der Waals surface area contributed by atoms with E-state index < -0.39 is 5.97 Å². The van der Waals surface area contributed by atoms with Crippen LogP contribution in [0.5, 0.6) is 0 Å². The van der Waals surface area contributed by atoms with Gasteiger partial charge in [0.25, 0.3) is 0 Å². The number of nitrogens with zero attached hydrogens (tertiary/aromatic N) is 2. The normalized spacial score (nSPS) is 11.4. The predicted octanol–water partition coefficient (Wildman–Crippen LogP) is 1.62. The SMILES string of the molecule is [B]/C(N)=N\c1ncc(-c2cccs2)cc1C(=O)O. The van der Waals surface area contributed by atoms with Crippen LogP contribution in [0.1, 0.15) is 10.4 Å². The monoisotopic (exact) mass is 257 g/mol. The minimum atomic E-state index is -1.12. The summed E-state index contributed by atoms with van der Waals surface area (Å²) < 4.78 is 0. The minimum Gasteiger partial charge on any atom is -0.478 e. The van der Waals surface area contributed by atoms with Gasteiger partial charge in [0.05, 0.1) is 0 Å². The van der Waals surface area contributed by atoms with Crippen molar-refractivity contribution in [2.75, 3.05) is 0 Å². The van der Waals surface area contributed by atoms with Gasteiger partial charge in [0.1, 0.15) is 5.56 Å². The molecule has 18 heavy (non-hydrogen) atoms. The zero-order chi connectivity index (χ0) is 13.1. The first-order chi connectivity index (χ1) is 8.58. The molecule has 0 fully saturated rings. The van der Waals surface area contributed by atoms with E-state index in [9.17, 15) is 4.79 Å². The van der Waals surface area contributed by atoms with Crippen molar-refractivity contribution in [3.05, 3.63) is 35.3 Å². The largest absolute Gasteiger partial charge is 0.478 e. The maximum absolute atomic E-state index is 11.1. The first-order valence-electron chi connectivity index (χ1n) is 4.95. The summed E-state index contributed by atoms with van der Waals surface area (Å²) in [5.74, 6) is -1.12. The van der Waals surface area contributed by atoms with Gasteiger partial charge in [-0.2, -0.15) is 0 Å². The Morgan fingerprint density at radius 2 is 2.33 bits per heavy atom. The molecule has 0 saturated carbocycles. The van der Waals surface area contributed by atoms with Gasteiger partial charge in [-0.05, 0) is 17.5 Å². The first kappa shape index (κ1) is 12.3.